The summed E-state index contributed by atoms with van der Waals surface area (Å²) in [6, 6.07) is 1.85. The number of carbonyl (C=O) groups excluding carboxylic acids is 1. The van der Waals surface area contributed by atoms with Crippen LogP contribution in [0.4, 0.5) is 5.82 Å². The molecule has 5 heteroatoms. The van der Waals surface area contributed by atoms with Gasteiger partial charge in [0.2, 0.25) is 5.91 Å². The molecule has 1 aliphatic rings. The van der Waals surface area contributed by atoms with E-state index in [9.17, 15) is 4.79 Å². The molecule has 2 heterocycles. The highest BCUT2D eigenvalue weighted by Crippen LogP contribution is 2.20. The van der Waals surface area contributed by atoms with E-state index < -0.39 is 0 Å². The zero-order chi connectivity index (χ0) is 13.2. The van der Waals surface area contributed by atoms with E-state index in [0.29, 0.717) is 0 Å². The van der Waals surface area contributed by atoms with Gasteiger partial charge in [-0.25, -0.2) is 4.68 Å². The molecule has 0 aliphatic carbocycles. The van der Waals surface area contributed by atoms with E-state index in [1.54, 1.807) is 6.20 Å². The Morgan fingerprint density at radius 3 is 2.94 bits per heavy atom. The molecule has 18 heavy (non-hydrogen) atoms. The van der Waals surface area contributed by atoms with Gasteiger partial charge in [-0.1, -0.05) is 0 Å². The van der Waals surface area contributed by atoms with Crippen molar-refractivity contribution in [2.24, 2.45) is 5.92 Å². The van der Waals surface area contributed by atoms with Gasteiger partial charge >= 0.3 is 0 Å². The number of aromatic nitrogens is 2. The number of anilines is 1. The normalized spacial score (nSPS) is 20.7. The molecular formula is C13H22N4O. The molecule has 1 amide bonds. The molecule has 0 radical (unpaired) electrons. The lowest BCUT2D eigenvalue weighted by atomic mass is 9.99. The third-order valence-corrected chi connectivity index (χ3v) is 3.20. The summed E-state index contributed by atoms with van der Waals surface area (Å²) in [5, 5.41) is 10.5. The van der Waals surface area contributed by atoms with Crippen molar-refractivity contribution in [2.45, 2.75) is 39.2 Å². The van der Waals surface area contributed by atoms with E-state index >= 15 is 0 Å². The second-order valence-electron chi connectivity index (χ2n) is 5.83. The summed E-state index contributed by atoms with van der Waals surface area (Å²) in [6.07, 6.45) is 3.75. The summed E-state index contributed by atoms with van der Waals surface area (Å²) in [5.74, 6) is 0.938. The first-order valence-corrected chi connectivity index (χ1v) is 6.54. The number of piperidine rings is 1. The summed E-state index contributed by atoms with van der Waals surface area (Å²) < 4.78 is 1.85. The lowest BCUT2D eigenvalue weighted by molar-refractivity contribution is -0.120. The van der Waals surface area contributed by atoms with Gasteiger partial charge in [0.1, 0.15) is 5.82 Å². The number of amides is 1. The second-order valence-corrected chi connectivity index (χ2v) is 5.83. The highest BCUT2D eigenvalue weighted by atomic mass is 16.2. The smallest absolute Gasteiger partial charge is 0.229 e. The third-order valence-electron chi connectivity index (χ3n) is 3.20. The number of nitrogens with one attached hydrogen (secondary N) is 2. The SMILES string of the molecule is CC(C)(C)n1nccc1NC(=O)[C@@H]1CCCNC1. The highest BCUT2D eigenvalue weighted by molar-refractivity contribution is 5.92. The maximum atomic E-state index is 12.2. The maximum absolute atomic E-state index is 12.2. The van der Waals surface area contributed by atoms with Crippen molar-refractivity contribution in [3.63, 3.8) is 0 Å². The Kier molecular flexibility index (Phi) is 3.71. The van der Waals surface area contributed by atoms with Crippen LogP contribution in [0.1, 0.15) is 33.6 Å². The first-order valence-electron chi connectivity index (χ1n) is 6.54. The first-order chi connectivity index (χ1) is 8.48. The van der Waals surface area contributed by atoms with Gasteiger partial charge in [0.15, 0.2) is 0 Å². The highest BCUT2D eigenvalue weighted by Gasteiger charge is 2.23. The van der Waals surface area contributed by atoms with Crippen molar-refractivity contribution >= 4 is 11.7 Å². The van der Waals surface area contributed by atoms with Gasteiger partial charge in [-0.05, 0) is 40.2 Å². The Balaban J connectivity index is 2.05. The van der Waals surface area contributed by atoms with Crippen LogP contribution in [-0.2, 0) is 10.3 Å². The fourth-order valence-corrected chi connectivity index (χ4v) is 2.24. The van der Waals surface area contributed by atoms with E-state index in [2.05, 4.69) is 36.5 Å². The van der Waals surface area contributed by atoms with Crippen LogP contribution < -0.4 is 10.6 Å². The Bertz CT molecular complexity index is 413. The van der Waals surface area contributed by atoms with Crippen molar-refractivity contribution in [3.8, 4) is 0 Å². The van der Waals surface area contributed by atoms with Crippen LogP contribution in [0, 0.1) is 5.92 Å². The number of nitrogens with zero attached hydrogens (tertiary/aromatic N) is 2. The fourth-order valence-electron chi connectivity index (χ4n) is 2.24. The molecule has 100 valence electrons. The van der Waals surface area contributed by atoms with Crippen LogP contribution in [0.3, 0.4) is 0 Å². The molecule has 1 fully saturated rings. The van der Waals surface area contributed by atoms with Gasteiger partial charge in [0.25, 0.3) is 0 Å². The van der Waals surface area contributed by atoms with E-state index in [4.69, 9.17) is 0 Å². The van der Waals surface area contributed by atoms with Crippen molar-refractivity contribution in [1.82, 2.24) is 15.1 Å². The molecule has 0 bridgehead atoms. The maximum Gasteiger partial charge on any atom is 0.229 e. The molecule has 2 N–H and O–H groups in total. The number of rotatable bonds is 2. The molecule has 1 aliphatic heterocycles. The van der Waals surface area contributed by atoms with Gasteiger partial charge in [-0.2, -0.15) is 5.10 Å². The molecule has 1 aromatic heterocycles. The molecule has 0 unspecified atom stereocenters. The number of hydrogen-bond acceptors (Lipinski definition) is 3. The average Bonchev–Trinajstić information content (AvgIpc) is 2.78. The van der Waals surface area contributed by atoms with Gasteiger partial charge < -0.3 is 10.6 Å². The zero-order valence-corrected chi connectivity index (χ0v) is 11.4. The number of carbonyl (C=O) groups is 1. The summed E-state index contributed by atoms with van der Waals surface area (Å²) in [4.78, 5) is 12.2. The van der Waals surface area contributed by atoms with Crippen molar-refractivity contribution < 1.29 is 4.79 Å². The Hall–Kier alpha value is -1.36. The molecule has 1 atom stereocenters. The van der Waals surface area contributed by atoms with Gasteiger partial charge in [-0.15, -0.1) is 0 Å². The third kappa shape index (κ3) is 2.90. The minimum Gasteiger partial charge on any atom is -0.316 e. The summed E-state index contributed by atoms with van der Waals surface area (Å²) >= 11 is 0. The predicted molar refractivity (Wildman–Crippen MR) is 71.4 cm³/mol. The quantitative estimate of drug-likeness (QED) is 0.837. The van der Waals surface area contributed by atoms with E-state index in [1.165, 1.54) is 0 Å². The van der Waals surface area contributed by atoms with Gasteiger partial charge in [0.05, 0.1) is 17.7 Å². The van der Waals surface area contributed by atoms with E-state index in [-0.39, 0.29) is 17.4 Å². The Morgan fingerprint density at radius 1 is 1.56 bits per heavy atom. The second kappa shape index (κ2) is 5.10. The lowest BCUT2D eigenvalue weighted by Crippen LogP contribution is -2.38. The summed E-state index contributed by atoms with van der Waals surface area (Å²) in [7, 11) is 0. The van der Waals surface area contributed by atoms with Crippen molar-refractivity contribution in [1.29, 1.82) is 0 Å². The van der Waals surface area contributed by atoms with Crippen LogP contribution in [0.15, 0.2) is 12.3 Å². The van der Waals surface area contributed by atoms with Crippen LogP contribution >= 0.6 is 0 Å². The number of hydrogen-bond donors (Lipinski definition) is 2. The molecule has 1 saturated heterocycles. The monoisotopic (exact) mass is 250 g/mol. The predicted octanol–water partition coefficient (Wildman–Crippen LogP) is 1.58. The molecule has 2 rings (SSSR count). The zero-order valence-electron chi connectivity index (χ0n) is 11.4. The minimum atomic E-state index is -0.128. The van der Waals surface area contributed by atoms with Gasteiger partial charge in [-0.3, -0.25) is 4.79 Å². The fraction of sp³-hybridized carbons (Fsp3) is 0.692. The summed E-state index contributed by atoms with van der Waals surface area (Å²) in [6.45, 7) is 7.99. The molecule has 0 spiro atoms. The molecular weight excluding hydrogens is 228 g/mol. The first kappa shape index (κ1) is 13.1. The average molecular weight is 250 g/mol. The Labute approximate surface area is 108 Å². The van der Waals surface area contributed by atoms with Crippen LogP contribution in [0.2, 0.25) is 0 Å². The van der Waals surface area contributed by atoms with Gasteiger partial charge in [0, 0.05) is 12.6 Å². The van der Waals surface area contributed by atoms with E-state index in [1.807, 2.05) is 10.7 Å². The topological polar surface area (TPSA) is 59.0 Å². The van der Waals surface area contributed by atoms with Crippen LogP contribution in [0.5, 0.6) is 0 Å². The van der Waals surface area contributed by atoms with Crippen LogP contribution in [0.25, 0.3) is 0 Å². The van der Waals surface area contributed by atoms with Crippen molar-refractivity contribution in [3.05, 3.63) is 12.3 Å². The van der Waals surface area contributed by atoms with E-state index in [0.717, 1.165) is 31.7 Å². The van der Waals surface area contributed by atoms with Crippen molar-refractivity contribution in [2.75, 3.05) is 18.4 Å². The lowest BCUT2D eigenvalue weighted by Gasteiger charge is -2.25. The molecule has 0 saturated carbocycles. The Morgan fingerprint density at radius 2 is 2.33 bits per heavy atom. The summed E-state index contributed by atoms with van der Waals surface area (Å²) in [5.41, 5.74) is -0.128. The molecule has 1 aromatic rings. The minimum absolute atomic E-state index is 0.0714. The van der Waals surface area contributed by atoms with Crippen LogP contribution in [-0.4, -0.2) is 28.8 Å². The molecule has 0 aromatic carbocycles. The standard InChI is InChI=1S/C13H22N4O/c1-13(2,3)17-11(6-8-15-17)16-12(18)10-5-4-7-14-9-10/h6,8,10,14H,4-5,7,9H2,1-3H3,(H,16,18)/t10-/m1/s1. The molecule has 5 nitrogen and oxygen atoms in total. The largest absolute Gasteiger partial charge is 0.316 e.